The molecule has 0 aliphatic carbocycles. The van der Waals surface area contributed by atoms with Gasteiger partial charge < -0.3 is 9.64 Å². The van der Waals surface area contributed by atoms with E-state index in [1.807, 2.05) is 30.3 Å². The molecular formula is C22H22N2O4S. The third-order valence-corrected chi connectivity index (χ3v) is 5.72. The molecule has 0 aliphatic heterocycles. The number of carbonyl (C=O) groups is 1. The molecule has 0 unspecified atom stereocenters. The minimum atomic E-state index is -3.89. The number of hydrogen-bond donors (Lipinski definition) is 1. The molecule has 0 bridgehead atoms. The van der Waals surface area contributed by atoms with Crippen LogP contribution in [0.25, 0.3) is 0 Å². The first kappa shape index (κ1) is 20.4. The van der Waals surface area contributed by atoms with Gasteiger partial charge in [-0.1, -0.05) is 48.5 Å². The van der Waals surface area contributed by atoms with E-state index >= 15 is 0 Å². The van der Waals surface area contributed by atoms with Crippen molar-refractivity contribution in [3.05, 3.63) is 90.0 Å². The Morgan fingerprint density at radius 1 is 0.966 bits per heavy atom. The fourth-order valence-corrected chi connectivity index (χ4v) is 3.99. The van der Waals surface area contributed by atoms with Crippen LogP contribution in [0.15, 0.2) is 83.8 Å². The van der Waals surface area contributed by atoms with Crippen LogP contribution in [0.3, 0.4) is 0 Å². The second-order valence-electron chi connectivity index (χ2n) is 6.48. The molecule has 3 aromatic rings. The minimum Gasteiger partial charge on any atom is -0.495 e. The highest BCUT2D eigenvalue weighted by Crippen LogP contribution is 2.26. The Bertz CT molecular complexity index is 1100. The molecule has 0 radical (unpaired) electrons. The lowest BCUT2D eigenvalue weighted by Gasteiger charge is -2.18. The van der Waals surface area contributed by atoms with E-state index in [-0.39, 0.29) is 10.8 Å². The van der Waals surface area contributed by atoms with E-state index in [2.05, 4.69) is 4.72 Å². The van der Waals surface area contributed by atoms with Crippen molar-refractivity contribution in [1.29, 1.82) is 0 Å². The molecule has 1 amide bonds. The van der Waals surface area contributed by atoms with Crippen LogP contribution in [0.5, 0.6) is 5.75 Å². The zero-order valence-corrected chi connectivity index (χ0v) is 17.0. The van der Waals surface area contributed by atoms with Crippen molar-refractivity contribution in [2.75, 3.05) is 18.9 Å². The number of carbonyl (C=O) groups excluding carboxylic acids is 1. The van der Waals surface area contributed by atoms with Crippen LogP contribution in [-0.4, -0.2) is 33.4 Å². The molecule has 150 valence electrons. The fourth-order valence-electron chi connectivity index (χ4n) is 2.88. The third-order valence-electron chi connectivity index (χ3n) is 4.35. The first-order valence-electron chi connectivity index (χ1n) is 8.96. The molecule has 0 heterocycles. The maximum absolute atomic E-state index is 12.8. The van der Waals surface area contributed by atoms with Gasteiger partial charge in [-0.3, -0.25) is 9.52 Å². The van der Waals surface area contributed by atoms with Crippen molar-refractivity contribution >= 4 is 21.6 Å². The predicted octanol–water partition coefficient (Wildman–Crippen LogP) is 3.77. The maximum Gasteiger partial charge on any atom is 0.262 e. The number of methoxy groups -OCH3 is 1. The summed E-state index contributed by atoms with van der Waals surface area (Å²) in [5.74, 6) is 0.147. The molecule has 3 rings (SSSR count). The smallest absolute Gasteiger partial charge is 0.262 e. The van der Waals surface area contributed by atoms with E-state index < -0.39 is 10.0 Å². The van der Waals surface area contributed by atoms with Gasteiger partial charge in [-0.2, -0.15) is 0 Å². The molecule has 1 N–H and O–H groups in total. The largest absolute Gasteiger partial charge is 0.495 e. The Labute approximate surface area is 170 Å². The summed E-state index contributed by atoms with van der Waals surface area (Å²) in [6.45, 7) is 0.427. The molecule has 0 atom stereocenters. The number of nitrogens with zero attached hydrogens (tertiary/aromatic N) is 1. The van der Waals surface area contributed by atoms with E-state index in [9.17, 15) is 13.2 Å². The van der Waals surface area contributed by atoms with Crippen molar-refractivity contribution in [2.45, 2.75) is 11.4 Å². The maximum atomic E-state index is 12.8. The Morgan fingerprint density at radius 3 is 2.38 bits per heavy atom. The molecule has 0 aliphatic rings. The molecule has 7 heteroatoms. The lowest BCUT2D eigenvalue weighted by atomic mass is 10.1. The molecule has 3 aromatic carbocycles. The number of para-hydroxylation sites is 2. The molecule has 0 saturated heterocycles. The van der Waals surface area contributed by atoms with Gasteiger partial charge in [0.2, 0.25) is 0 Å². The highest BCUT2D eigenvalue weighted by atomic mass is 32.2. The number of nitrogens with one attached hydrogen (secondary N) is 1. The second-order valence-corrected chi connectivity index (χ2v) is 8.16. The Kier molecular flexibility index (Phi) is 6.19. The third kappa shape index (κ3) is 4.94. The molecule has 29 heavy (non-hydrogen) atoms. The average Bonchev–Trinajstić information content (AvgIpc) is 2.74. The van der Waals surface area contributed by atoms with Crippen molar-refractivity contribution in [2.24, 2.45) is 0 Å². The number of anilines is 1. The van der Waals surface area contributed by atoms with Crippen LogP contribution >= 0.6 is 0 Å². The summed E-state index contributed by atoms with van der Waals surface area (Å²) in [5.41, 5.74) is 1.62. The number of benzene rings is 3. The quantitative estimate of drug-likeness (QED) is 0.643. The standard InChI is InChI=1S/C22H22N2O4S/c1-24(16-17-9-4-3-5-10-17)22(25)18-11-8-12-19(15-18)29(26,27)23-20-13-6-7-14-21(20)28-2/h3-15,23H,16H2,1-2H3. The zero-order chi connectivity index (χ0) is 20.9. The molecule has 6 nitrogen and oxygen atoms in total. The fraction of sp³-hybridized carbons (Fsp3) is 0.136. The van der Waals surface area contributed by atoms with Crippen LogP contribution in [0.2, 0.25) is 0 Å². The van der Waals surface area contributed by atoms with Crippen LogP contribution < -0.4 is 9.46 Å². The SMILES string of the molecule is COc1ccccc1NS(=O)(=O)c1cccc(C(=O)N(C)Cc2ccccc2)c1. The van der Waals surface area contributed by atoms with Crippen molar-refractivity contribution in [1.82, 2.24) is 4.90 Å². The lowest BCUT2D eigenvalue weighted by molar-refractivity contribution is 0.0785. The molecule has 0 spiro atoms. The Hall–Kier alpha value is -3.32. The van der Waals surface area contributed by atoms with Crippen LogP contribution in [0.1, 0.15) is 15.9 Å². The normalized spacial score (nSPS) is 11.0. The molecule has 0 saturated carbocycles. The Morgan fingerprint density at radius 2 is 1.66 bits per heavy atom. The van der Waals surface area contributed by atoms with Crippen LogP contribution in [0, 0.1) is 0 Å². The van der Waals surface area contributed by atoms with Gasteiger partial charge >= 0.3 is 0 Å². The van der Waals surface area contributed by atoms with Crippen molar-refractivity contribution in [3.63, 3.8) is 0 Å². The summed E-state index contributed by atoms with van der Waals surface area (Å²) in [6, 6.07) is 22.3. The van der Waals surface area contributed by atoms with Crippen molar-refractivity contribution < 1.29 is 17.9 Å². The van der Waals surface area contributed by atoms with Gasteiger partial charge in [0.25, 0.3) is 15.9 Å². The summed E-state index contributed by atoms with van der Waals surface area (Å²) in [6.07, 6.45) is 0. The van der Waals surface area contributed by atoms with E-state index in [4.69, 9.17) is 4.74 Å². The highest BCUT2D eigenvalue weighted by molar-refractivity contribution is 7.92. The average molecular weight is 410 g/mol. The van der Waals surface area contributed by atoms with Gasteiger partial charge in [-0.15, -0.1) is 0 Å². The summed E-state index contributed by atoms with van der Waals surface area (Å²) < 4.78 is 33.3. The topological polar surface area (TPSA) is 75.7 Å². The van der Waals surface area contributed by atoms with Gasteiger partial charge in [0.05, 0.1) is 17.7 Å². The van der Waals surface area contributed by atoms with E-state index in [0.717, 1.165) is 5.56 Å². The first-order chi connectivity index (χ1) is 13.9. The number of ether oxygens (including phenoxy) is 1. The van der Waals surface area contributed by atoms with E-state index in [0.29, 0.717) is 23.5 Å². The first-order valence-corrected chi connectivity index (χ1v) is 10.4. The number of hydrogen-bond acceptors (Lipinski definition) is 4. The molecule has 0 fully saturated rings. The summed E-state index contributed by atoms with van der Waals surface area (Å²) in [7, 11) is -0.736. The van der Waals surface area contributed by atoms with Gasteiger partial charge in [-0.25, -0.2) is 8.42 Å². The monoisotopic (exact) mass is 410 g/mol. The summed E-state index contributed by atoms with van der Waals surface area (Å²) in [5, 5.41) is 0. The second kappa shape index (κ2) is 8.79. The van der Waals surface area contributed by atoms with Crippen LogP contribution in [0.4, 0.5) is 5.69 Å². The van der Waals surface area contributed by atoms with Gasteiger partial charge in [0, 0.05) is 19.2 Å². The van der Waals surface area contributed by atoms with Crippen molar-refractivity contribution in [3.8, 4) is 5.75 Å². The zero-order valence-electron chi connectivity index (χ0n) is 16.2. The van der Waals surface area contributed by atoms with Gasteiger partial charge in [0.15, 0.2) is 0 Å². The minimum absolute atomic E-state index is 0.00219. The number of amides is 1. The number of rotatable bonds is 7. The molecule has 0 aromatic heterocycles. The summed E-state index contributed by atoms with van der Waals surface area (Å²) in [4.78, 5) is 14.3. The van der Waals surface area contributed by atoms with Crippen LogP contribution in [-0.2, 0) is 16.6 Å². The predicted molar refractivity (Wildman–Crippen MR) is 112 cm³/mol. The Balaban J connectivity index is 1.81. The van der Waals surface area contributed by atoms with Gasteiger partial charge in [0.1, 0.15) is 5.75 Å². The number of sulfonamides is 1. The highest BCUT2D eigenvalue weighted by Gasteiger charge is 2.19. The lowest BCUT2D eigenvalue weighted by Crippen LogP contribution is -2.26. The van der Waals surface area contributed by atoms with Gasteiger partial charge in [-0.05, 0) is 35.9 Å². The van der Waals surface area contributed by atoms with E-state index in [1.54, 1.807) is 48.3 Å². The van der Waals surface area contributed by atoms with E-state index in [1.165, 1.54) is 19.2 Å². The summed E-state index contributed by atoms with van der Waals surface area (Å²) >= 11 is 0. The molecular weight excluding hydrogens is 388 g/mol.